The van der Waals surface area contributed by atoms with Gasteiger partial charge in [0.2, 0.25) is 10.0 Å². The van der Waals surface area contributed by atoms with Crippen molar-refractivity contribution in [2.75, 3.05) is 12.8 Å². The molecule has 0 spiro atoms. The molecule has 4 nitrogen and oxygen atoms in total. The molecule has 0 aliphatic rings. The Kier molecular flexibility index (Phi) is 7.76. The third kappa shape index (κ3) is 358. The maximum absolute atomic E-state index is 9.41. The molecule has 0 aliphatic carbocycles. The summed E-state index contributed by atoms with van der Waals surface area (Å²) in [5, 5.41) is 4.33. The summed E-state index contributed by atoms with van der Waals surface area (Å²) in [5.41, 5.74) is 5.03. The third-order valence-electron chi connectivity index (χ3n) is 0.289. The number of nitrogens with two attached hydrogens (primary N) is 2. The fourth-order valence-corrected chi connectivity index (χ4v) is 0. The first kappa shape index (κ1) is 11.6. The normalized spacial score (nSPS) is 9.78. The van der Waals surface area contributed by atoms with Crippen LogP contribution in [0, 0.1) is 0 Å². The van der Waals surface area contributed by atoms with E-state index in [2.05, 4.69) is 12.1 Å². The highest BCUT2D eigenvalue weighted by atomic mass is 32.2. The highest BCUT2D eigenvalue weighted by Crippen LogP contribution is 1.57. The van der Waals surface area contributed by atoms with Gasteiger partial charge in [-0.2, -0.15) is 0 Å². The van der Waals surface area contributed by atoms with Gasteiger partial charge in [-0.15, -0.1) is 0 Å². The van der Waals surface area contributed by atoms with Crippen molar-refractivity contribution in [2.45, 2.75) is 13.3 Å². The molecule has 0 aliphatic heterocycles. The predicted octanol–water partition coefficient (Wildman–Crippen LogP) is -0.740. The largest absolute Gasteiger partial charge is 0.330 e. The fraction of sp³-hybridized carbons (Fsp3) is 1.00. The SMILES string of the molecule is CCCN.CS(N)(=O)=O. The molecule has 0 unspecified atom stereocenters. The maximum atomic E-state index is 9.41. The Labute approximate surface area is 56.3 Å². The van der Waals surface area contributed by atoms with Crippen molar-refractivity contribution in [3.8, 4) is 0 Å². The molecule has 9 heavy (non-hydrogen) atoms. The average Bonchev–Trinajstić information content (AvgIpc) is 1.61. The first-order chi connectivity index (χ1) is 3.91. The van der Waals surface area contributed by atoms with Crippen molar-refractivity contribution in [1.29, 1.82) is 0 Å². The predicted molar refractivity (Wildman–Crippen MR) is 38.4 cm³/mol. The summed E-state index contributed by atoms with van der Waals surface area (Å²) in [4.78, 5) is 0. The Bertz CT molecular complexity index is 120. The van der Waals surface area contributed by atoms with Crippen molar-refractivity contribution in [3.05, 3.63) is 0 Å². The van der Waals surface area contributed by atoms with E-state index in [1.54, 1.807) is 0 Å². The third-order valence-corrected chi connectivity index (χ3v) is 0.289. The van der Waals surface area contributed by atoms with Crippen LogP contribution in [-0.4, -0.2) is 21.2 Å². The molecule has 0 radical (unpaired) electrons. The molecule has 58 valence electrons. The number of primary sulfonamides is 1. The van der Waals surface area contributed by atoms with Gasteiger partial charge in [0.1, 0.15) is 0 Å². The number of hydrogen-bond acceptors (Lipinski definition) is 3. The smallest absolute Gasteiger partial charge is 0.206 e. The van der Waals surface area contributed by atoms with E-state index in [1.807, 2.05) is 0 Å². The van der Waals surface area contributed by atoms with Crippen molar-refractivity contribution in [2.24, 2.45) is 10.9 Å². The van der Waals surface area contributed by atoms with Gasteiger partial charge in [-0.3, -0.25) is 0 Å². The minimum atomic E-state index is -3.17. The number of hydrogen-bond donors (Lipinski definition) is 2. The zero-order valence-corrected chi connectivity index (χ0v) is 6.61. The van der Waals surface area contributed by atoms with Gasteiger partial charge in [-0.25, -0.2) is 13.6 Å². The van der Waals surface area contributed by atoms with Gasteiger partial charge in [0.15, 0.2) is 0 Å². The van der Waals surface area contributed by atoms with Crippen LogP contribution in [0.15, 0.2) is 0 Å². The highest BCUT2D eigenvalue weighted by Gasteiger charge is 1.78. The van der Waals surface area contributed by atoms with Crippen LogP contribution in [0.4, 0.5) is 0 Å². The van der Waals surface area contributed by atoms with E-state index in [0.717, 1.165) is 19.2 Å². The lowest BCUT2D eigenvalue weighted by Gasteiger charge is -1.71. The molecule has 4 N–H and O–H groups in total. The summed E-state index contributed by atoms with van der Waals surface area (Å²) in [6.45, 7) is 2.88. The van der Waals surface area contributed by atoms with Gasteiger partial charge in [0.05, 0.1) is 6.26 Å². The second-order valence-corrected chi connectivity index (χ2v) is 3.28. The Balaban J connectivity index is 0. The summed E-state index contributed by atoms with van der Waals surface area (Å²) in [5.74, 6) is 0. The molecule has 0 atom stereocenters. The molecule has 5 heteroatoms. The minimum Gasteiger partial charge on any atom is -0.330 e. The van der Waals surface area contributed by atoms with Crippen LogP contribution in [0.3, 0.4) is 0 Å². The number of rotatable bonds is 1. The second-order valence-electron chi connectivity index (χ2n) is 1.62. The Hall–Kier alpha value is -0.130. The standard InChI is InChI=1S/C3H9N.CH5NO2S/c1-2-3-4;1-5(2,3)4/h2-4H2,1H3;1H3,(H2,2,3,4). The van der Waals surface area contributed by atoms with Gasteiger partial charge in [-0.1, -0.05) is 6.92 Å². The molecule has 0 saturated carbocycles. The summed E-state index contributed by atoms with van der Waals surface area (Å²) in [6.07, 6.45) is 2.03. The Morgan fingerprint density at radius 2 is 1.56 bits per heavy atom. The highest BCUT2D eigenvalue weighted by molar-refractivity contribution is 7.88. The average molecular weight is 154 g/mol. The number of sulfonamides is 1. The van der Waals surface area contributed by atoms with E-state index in [1.165, 1.54) is 0 Å². The van der Waals surface area contributed by atoms with Crippen LogP contribution in [0.5, 0.6) is 0 Å². The van der Waals surface area contributed by atoms with E-state index >= 15 is 0 Å². The molecule has 0 saturated heterocycles. The monoisotopic (exact) mass is 154 g/mol. The molecule has 0 aromatic heterocycles. The molecule has 0 aromatic rings. The van der Waals surface area contributed by atoms with Crippen molar-refractivity contribution < 1.29 is 8.42 Å². The van der Waals surface area contributed by atoms with E-state index in [0.29, 0.717) is 0 Å². The van der Waals surface area contributed by atoms with Crippen LogP contribution < -0.4 is 10.9 Å². The first-order valence-corrected chi connectivity index (χ1v) is 4.55. The molecule has 0 heterocycles. The van der Waals surface area contributed by atoms with E-state index in [4.69, 9.17) is 5.73 Å². The molecule has 0 bridgehead atoms. The van der Waals surface area contributed by atoms with Gasteiger partial charge in [0, 0.05) is 0 Å². The Morgan fingerprint density at radius 1 is 1.44 bits per heavy atom. The van der Waals surface area contributed by atoms with Gasteiger partial charge in [0.25, 0.3) is 0 Å². The molecular weight excluding hydrogens is 140 g/mol. The molecule has 0 fully saturated rings. The quantitative estimate of drug-likeness (QED) is 0.521. The van der Waals surface area contributed by atoms with E-state index in [9.17, 15) is 8.42 Å². The lowest BCUT2D eigenvalue weighted by molar-refractivity contribution is 0.603. The van der Waals surface area contributed by atoms with Gasteiger partial charge >= 0.3 is 0 Å². The summed E-state index contributed by atoms with van der Waals surface area (Å²) >= 11 is 0. The molecule has 0 aromatic carbocycles. The van der Waals surface area contributed by atoms with E-state index in [-0.39, 0.29) is 0 Å². The van der Waals surface area contributed by atoms with Crippen LogP contribution in [-0.2, 0) is 10.0 Å². The van der Waals surface area contributed by atoms with Crippen molar-refractivity contribution in [3.63, 3.8) is 0 Å². The van der Waals surface area contributed by atoms with Crippen LogP contribution >= 0.6 is 0 Å². The van der Waals surface area contributed by atoms with Crippen LogP contribution in [0.1, 0.15) is 13.3 Å². The molecule has 0 rings (SSSR count). The summed E-state index contributed by atoms with van der Waals surface area (Å²) in [6, 6.07) is 0. The lowest BCUT2D eigenvalue weighted by Crippen LogP contribution is -2.07. The topological polar surface area (TPSA) is 86.2 Å². The first-order valence-electron chi connectivity index (χ1n) is 2.59. The maximum Gasteiger partial charge on any atom is 0.206 e. The fourth-order valence-electron chi connectivity index (χ4n) is 0. The minimum absolute atomic E-state index is 0.819. The van der Waals surface area contributed by atoms with Crippen LogP contribution in [0.25, 0.3) is 0 Å². The zero-order valence-electron chi connectivity index (χ0n) is 5.79. The second kappa shape index (κ2) is 6.00. The van der Waals surface area contributed by atoms with Crippen molar-refractivity contribution >= 4 is 10.0 Å². The van der Waals surface area contributed by atoms with Gasteiger partial charge in [-0.05, 0) is 13.0 Å². The summed E-state index contributed by atoms with van der Waals surface area (Å²) < 4.78 is 18.8. The van der Waals surface area contributed by atoms with Crippen LogP contribution in [0.2, 0.25) is 0 Å². The van der Waals surface area contributed by atoms with E-state index < -0.39 is 10.0 Å². The molecule has 0 amide bonds. The lowest BCUT2D eigenvalue weighted by atomic mass is 10.5. The molecular formula is C4H14N2O2S. The summed E-state index contributed by atoms with van der Waals surface area (Å²) in [7, 11) is -3.17. The van der Waals surface area contributed by atoms with Crippen molar-refractivity contribution in [1.82, 2.24) is 0 Å². The van der Waals surface area contributed by atoms with Gasteiger partial charge < -0.3 is 5.73 Å². The Morgan fingerprint density at radius 3 is 1.56 bits per heavy atom. The zero-order chi connectivity index (χ0) is 7.91.